The number of nitrogens with zero attached hydrogens (tertiary/aromatic N) is 2. The molecule has 0 radical (unpaired) electrons. The Morgan fingerprint density at radius 2 is 2.19 bits per heavy atom. The fraction of sp³-hybridized carbons (Fsp3) is 0.818. The molecule has 92 valence electrons. The van der Waals surface area contributed by atoms with Gasteiger partial charge in [-0.25, -0.2) is 0 Å². The van der Waals surface area contributed by atoms with Crippen molar-refractivity contribution in [1.29, 1.82) is 0 Å². The summed E-state index contributed by atoms with van der Waals surface area (Å²) in [4.78, 5) is 4.29. The van der Waals surface area contributed by atoms with E-state index in [1.54, 1.807) is 0 Å². The SMILES string of the molecule is CCCOCc1noc(C(CN)CCC)n1. The van der Waals surface area contributed by atoms with Gasteiger partial charge in [-0.1, -0.05) is 25.4 Å². The molecule has 1 aromatic heterocycles. The summed E-state index contributed by atoms with van der Waals surface area (Å²) in [6.45, 7) is 5.86. The van der Waals surface area contributed by atoms with Gasteiger partial charge in [-0.2, -0.15) is 4.98 Å². The Balaban J connectivity index is 2.48. The van der Waals surface area contributed by atoms with Crippen LogP contribution in [0.25, 0.3) is 0 Å². The second kappa shape index (κ2) is 7.35. The van der Waals surface area contributed by atoms with Crippen LogP contribution in [0.3, 0.4) is 0 Å². The lowest BCUT2D eigenvalue weighted by molar-refractivity contribution is 0.114. The van der Waals surface area contributed by atoms with Gasteiger partial charge >= 0.3 is 0 Å². The maximum Gasteiger partial charge on any atom is 0.231 e. The molecule has 16 heavy (non-hydrogen) atoms. The summed E-state index contributed by atoms with van der Waals surface area (Å²) >= 11 is 0. The van der Waals surface area contributed by atoms with E-state index in [0.717, 1.165) is 25.9 Å². The third kappa shape index (κ3) is 3.90. The van der Waals surface area contributed by atoms with Gasteiger partial charge in [0.1, 0.15) is 6.61 Å². The lowest BCUT2D eigenvalue weighted by Crippen LogP contribution is -2.12. The molecule has 5 heteroatoms. The summed E-state index contributed by atoms with van der Waals surface area (Å²) < 4.78 is 10.5. The highest BCUT2D eigenvalue weighted by molar-refractivity contribution is 4.93. The van der Waals surface area contributed by atoms with Gasteiger partial charge in [-0.05, 0) is 12.8 Å². The number of aromatic nitrogens is 2. The van der Waals surface area contributed by atoms with Crippen molar-refractivity contribution in [1.82, 2.24) is 10.1 Å². The first-order valence-corrected chi connectivity index (χ1v) is 5.92. The van der Waals surface area contributed by atoms with Crippen LogP contribution in [0.15, 0.2) is 4.52 Å². The summed E-state index contributed by atoms with van der Waals surface area (Å²) in [5.74, 6) is 1.43. The van der Waals surface area contributed by atoms with Crippen molar-refractivity contribution in [3.8, 4) is 0 Å². The zero-order valence-corrected chi connectivity index (χ0v) is 10.1. The van der Waals surface area contributed by atoms with E-state index in [1.165, 1.54) is 0 Å². The Morgan fingerprint density at radius 3 is 2.81 bits per heavy atom. The molecule has 0 aliphatic heterocycles. The fourth-order valence-corrected chi connectivity index (χ4v) is 1.49. The van der Waals surface area contributed by atoms with Crippen LogP contribution < -0.4 is 5.73 Å². The number of nitrogens with two attached hydrogens (primary N) is 1. The van der Waals surface area contributed by atoms with Crippen LogP contribution >= 0.6 is 0 Å². The van der Waals surface area contributed by atoms with E-state index >= 15 is 0 Å². The molecular weight excluding hydrogens is 206 g/mol. The molecular formula is C11H21N3O2. The molecule has 1 unspecified atom stereocenters. The predicted molar refractivity (Wildman–Crippen MR) is 60.9 cm³/mol. The standard InChI is InChI=1S/C11H21N3O2/c1-3-5-9(7-12)11-13-10(14-16-11)8-15-6-4-2/h9H,3-8,12H2,1-2H3. The minimum atomic E-state index is 0.178. The van der Waals surface area contributed by atoms with Crippen LogP contribution in [-0.4, -0.2) is 23.3 Å². The van der Waals surface area contributed by atoms with Crippen LogP contribution in [0, 0.1) is 0 Å². The molecule has 0 fully saturated rings. The summed E-state index contributed by atoms with van der Waals surface area (Å²) in [5.41, 5.74) is 5.66. The van der Waals surface area contributed by atoms with Gasteiger partial charge in [0.25, 0.3) is 0 Å². The maximum atomic E-state index is 5.66. The van der Waals surface area contributed by atoms with Gasteiger partial charge < -0.3 is 15.0 Å². The summed E-state index contributed by atoms with van der Waals surface area (Å²) in [6.07, 6.45) is 3.03. The molecule has 0 saturated heterocycles. The summed E-state index contributed by atoms with van der Waals surface area (Å²) in [5, 5.41) is 3.87. The minimum absolute atomic E-state index is 0.178. The van der Waals surface area contributed by atoms with E-state index in [0.29, 0.717) is 24.9 Å². The smallest absolute Gasteiger partial charge is 0.231 e. The van der Waals surface area contributed by atoms with Gasteiger partial charge in [-0.15, -0.1) is 0 Å². The molecule has 0 bridgehead atoms. The molecule has 2 N–H and O–H groups in total. The Labute approximate surface area is 96.4 Å². The van der Waals surface area contributed by atoms with Crippen LogP contribution in [-0.2, 0) is 11.3 Å². The molecule has 0 saturated carbocycles. The van der Waals surface area contributed by atoms with E-state index in [1.807, 2.05) is 0 Å². The average Bonchev–Trinajstić information content (AvgIpc) is 2.75. The fourth-order valence-electron chi connectivity index (χ4n) is 1.49. The monoisotopic (exact) mass is 227 g/mol. The highest BCUT2D eigenvalue weighted by Gasteiger charge is 2.16. The predicted octanol–water partition coefficient (Wildman–Crippen LogP) is 1.84. The molecule has 5 nitrogen and oxygen atoms in total. The van der Waals surface area contributed by atoms with Gasteiger partial charge in [-0.3, -0.25) is 0 Å². The van der Waals surface area contributed by atoms with E-state index < -0.39 is 0 Å². The van der Waals surface area contributed by atoms with Gasteiger partial charge in [0.15, 0.2) is 5.82 Å². The third-order valence-corrected chi connectivity index (χ3v) is 2.33. The molecule has 0 spiro atoms. The van der Waals surface area contributed by atoms with Gasteiger partial charge in [0.05, 0.1) is 5.92 Å². The Hall–Kier alpha value is -0.940. The van der Waals surface area contributed by atoms with Crippen molar-refractivity contribution in [2.75, 3.05) is 13.2 Å². The molecule has 0 aliphatic carbocycles. The highest BCUT2D eigenvalue weighted by atomic mass is 16.5. The van der Waals surface area contributed by atoms with Crippen molar-refractivity contribution >= 4 is 0 Å². The second-order valence-corrected chi connectivity index (χ2v) is 3.82. The minimum Gasteiger partial charge on any atom is -0.373 e. The molecule has 1 aromatic rings. The number of ether oxygens (including phenoxy) is 1. The van der Waals surface area contributed by atoms with Crippen LogP contribution in [0.2, 0.25) is 0 Å². The van der Waals surface area contributed by atoms with Crippen molar-refractivity contribution in [2.45, 2.75) is 45.6 Å². The Bertz CT molecular complexity index is 289. The number of rotatable bonds is 8. The van der Waals surface area contributed by atoms with Crippen molar-refractivity contribution in [2.24, 2.45) is 5.73 Å². The normalized spacial score (nSPS) is 12.9. The first kappa shape index (κ1) is 13.1. The van der Waals surface area contributed by atoms with Crippen molar-refractivity contribution in [3.63, 3.8) is 0 Å². The van der Waals surface area contributed by atoms with E-state index in [-0.39, 0.29) is 5.92 Å². The first-order chi connectivity index (χ1) is 7.81. The third-order valence-electron chi connectivity index (χ3n) is 2.33. The molecule has 0 amide bonds. The highest BCUT2D eigenvalue weighted by Crippen LogP contribution is 2.18. The van der Waals surface area contributed by atoms with Gasteiger partial charge in [0.2, 0.25) is 5.89 Å². The van der Waals surface area contributed by atoms with Crippen LogP contribution in [0.1, 0.15) is 50.7 Å². The largest absolute Gasteiger partial charge is 0.373 e. The van der Waals surface area contributed by atoms with Crippen LogP contribution in [0.4, 0.5) is 0 Å². The molecule has 0 aliphatic rings. The number of hydrogen-bond donors (Lipinski definition) is 1. The molecule has 0 aromatic carbocycles. The molecule has 1 heterocycles. The Morgan fingerprint density at radius 1 is 1.38 bits per heavy atom. The van der Waals surface area contributed by atoms with Crippen molar-refractivity contribution in [3.05, 3.63) is 11.7 Å². The maximum absolute atomic E-state index is 5.66. The quantitative estimate of drug-likeness (QED) is 0.686. The average molecular weight is 227 g/mol. The Kier molecular flexibility index (Phi) is 6.03. The van der Waals surface area contributed by atoms with E-state index in [2.05, 4.69) is 24.0 Å². The first-order valence-electron chi connectivity index (χ1n) is 5.92. The summed E-state index contributed by atoms with van der Waals surface area (Å²) in [7, 11) is 0. The molecule has 1 atom stereocenters. The van der Waals surface area contributed by atoms with E-state index in [9.17, 15) is 0 Å². The second-order valence-electron chi connectivity index (χ2n) is 3.82. The lowest BCUT2D eigenvalue weighted by Gasteiger charge is -2.06. The summed E-state index contributed by atoms with van der Waals surface area (Å²) in [6, 6.07) is 0. The molecule has 1 rings (SSSR count). The number of hydrogen-bond acceptors (Lipinski definition) is 5. The van der Waals surface area contributed by atoms with E-state index in [4.69, 9.17) is 15.0 Å². The zero-order chi connectivity index (χ0) is 11.8. The van der Waals surface area contributed by atoms with Crippen LogP contribution in [0.5, 0.6) is 0 Å². The van der Waals surface area contributed by atoms with Gasteiger partial charge in [0, 0.05) is 13.2 Å². The van der Waals surface area contributed by atoms with Crippen molar-refractivity contribution < 1.29 is 9.26 Å². The topological polar surface area (TPSA) is 74.2 Å². The lowest BCUT2D eigenvalue weighted by atomic mass is 10.0. The zero-order valence-electron chi connectivity index (χ0n) is 10.1.